The van der Waals surface area contributed by atoms with Crippen LogP contribution in [0.2, 0.25) is 0 Å². The van der Waals surface area contributed by atoms with Crippen LogP contribution in [-0.4, -0.2) is 35.1 Å². The lowest BCUT2D eigenvalue weighted by Crippen LogP contribution is -2.71. The van der Waals surface area contributed by atoms with E-state index in [0.29, 0.717) is 18.0 Å². The molecule has 4 heterocycles. The molecule has 3 aliphatic rings. The number of benzene rings is 2. The highest BCUT2D eigenvalue weighted by Crippen LogP contribution is 2.37. The molecule has 1 aromatic heterocycles. The molecule has 0 saturated carbocycles. The van der Waals surface area contributed by atoms with Gasteiger partial charge in [-0.15, -0.1) is 11.3 Å². The fourth-order valence-corrected chi connectivity index (χ4v) is 4.97. The second kappa shape index (κ2) is 7.39. The fourth-order valence-electron chi connectivity index (χ4n) is 4.31. The van der Waals surface area contributed by atoms with Gasteiger partial charge in [0.15, 0.2) is 0 Å². The molecule has 136 valence electrons. The van der Waals surface area contributed by atoms with E-state index in [4.69, 9.17) is 0 Å². The summed E-state index contributed by atoms with van der Waals surface area (Å²) in [4.78, 5) is 6.97. The molecule has 0 radical (unpaired) electrons. The van der Waals surface area contributed by atoms with E-state index in [0.717, 1.165) is 19.6 Å². The van der Waals surface area contributed by atoms with E-state index in [2.05, 4.69) is 81.3 Å². The second-order valence-corrected chi connectivity index (χ2v) is 8.42. The van der Waals surface area contributed by atoms with Crippen LogP contribution in [0.4, 0.5) is 0 Å². The zero-order valence-electron chi connectivity index (χ0n) is 15.2. The Morgan fingerprint density at radius 2 is 1.67 bits per heavy atom. The Morgan fingerprint density at radius 3 is 2.33 bits per heavy atom. The third-order valence-electron chi connectivity index (χ3n) is 5.64. The Kier molecular flexibility index (Phi) is 4.62. The third kappa shape index (κ3) is 3.61. The zero-order chi connectivity index (χ0) is 18.1. The third-order valence-corrected chi connectivity index (χ3v) is 6.40. The summed E-state index contributed by atoms with van der Waals surface area (Å²) in [5.41, 5.74) is 3.96. The van der Waals surface area contributed by atoms with Crippen LogP contribution < -0.4 is 5.32 Å². The van der Waals surface area contributed by atoms with Crippen LogP contribution in [0.15, 0.2) is 66.2 Å². The molecule has 3 saturated heterocycles. The number of hydrogen-bond donors (Lipinski definition) is 1. The summed E-state index contributed by atoms with van der Waals surface area (Å²) in [6.45, 7) is 3.20. The van der Waals surface area contributed by atoms with E-state index in [1.165, 1.54) is 21.7 Å². The smallest absolute Gasteiger partial charge is 0.107 e. The van der Waals surface area contributed by atoms with Crippen molar-refractivity contribution in [2.75, 3.05) is 13.1 Å². The molecular formula is C23H23N3S. The summed E-state index contributed by atoms with van der Waals surface area (Å²) in [5.74, 6) is 0.643. The van der Waals surface area contributed by atoms with Crippen molar-refractivity contribution >= 4 is 23.5 Å². The van der Waals surface area contributed by atoms with Crippen molar-refractivity contribution in [3.8, 4) is 0 Å². The molecular weight excluding hydrogens is 350 g/mol. The number of piperidine rings is 1. The summed E-state index contributed by atoms with van der Waals surface area (Å²) >= 11 is 1.75. The van der Waals surface area contributed by atoms with Gasteiger partial charge in [0.05, 0.1) is 6.54 Å². The molecule has 3 aliphatic heterocycles. The number of piperazine rings is 1. The SMILES string of the molecule is C(=C\c1ccc(C2[C@@H]3CN(Cc4nccs4)C[C@H]2N3)cc1)/c1ccccc1. The fraction of sp³-hybridized carbons (Fsp3) is 0.261. The minimum Gasteiger partial charge on any atom is -0.307 e. The Labute approximate surface area is 164 Å². The molecule has 2 bridgehead atoms. The first-order chi connectivity index (χ1) is 13.3. The van der Waals surface area contributed by atoms with Crippen LogP contribution in [0.1, 0.15) is 27.6 Å². The van der Waals surface area contributed by atoms with Gasteiger partial charge in [-0.05, 0) is 16.7 Å². The van der Waals surface area contributed by atoms with Gasteiger partial charge >= 0.3 is 0 Å². The van der Waals surface area contributed by atoms with Gasteiger partial charge in [0.2, 0.25) is 0 Å². The van der Waals surface area contributed by atoms with Crippen molar-refractivity contribution in [2.24, 2.45) is 0 Å². The van der Waals surface area contributed by atoms with Gasteiger partial charge in [0.25, 0.3) is 0 Å². The number of nitrogens with one attached hydrogen (secondary N) is 1. The van der Waals surface area contributed by atoms with E-state index < -0.39 is 0 Å². The molecule has 3 atom stereocenters. The highest BCUT2D eigenvalue weighted by Gasteiger charge is 2.46. The first-order valence-corrected chi connectivity index (χ1v) is 10.4. The molecule has 4 heteroatoms. The van der Waals surface area contributed by atoms with Crippen LogP contribution in [0.5, 0.6) is 0 Å². The van der Waals surface area contributed by atoms with Crippen LogP contribution in [0.25, 0.3) is 12.2 Å². The highest BCUT2D eigenvalue weighted by atomic mass is 32.1. The molecule has 3 fully saturated rings. The van der Waals surface area contributed by atoms with Gasteiger partial charge in [-0.25, -0.2) is 4.98 Å². The van der Waals surface area contributed by atoms with Crippen LogP contribution in [0, 0.1) is 0 Å². The first-order valence-electron chi connectivity index (χ1n) is 9.55. The van der Waals surface area contributed by atoms with Crippen molar-refractivity contribution in [2.45, 2.75) is 24.5 Å². The molecule has 1 N–H and O–H groups in total. The Balaban J connectivity index is 1.22. The van der Waals surface area contributed by atoms with E-state index in [-0.39, 0.29) is 0 Å². The van der Waals surface area contributed by atoms with E-state index >= 15 is 0 Å². The van der Waals surface area contributed by atoms with Crippen LogP contribution in [0.3, 0.4) is 0 Å². The maximum atomic E-state index is 4.43. The number of fused-ring (bicyclic) bond motifs is 2. The maximum absolute atomic E-state index is 4.43. The van der Waals surface area contributed by atoms with E-state index in [9.17, 15) is 0 Å². The van der Waals surface area contributed by atoms with Gasteiger partial charge < -0.3 is 5.32 Å². The number of hydrogen-bond acceptors (Lipinski definition) is 4. The molecule has 0 amide bonds. The zero-order valence-corrected chi connectivity index (χ0v) is 16.0. The molecule has 27 heavy (non-hydrogen) atoms. The summed E-state index contributed by atoms with van der Waals surface area (Å²) < 4.78 is 0. The first kappa shape index (κ1) is 16.9. The van der Waals surface area contributed by atoms with Gasteiger partial charge in [0, 0.05) is 42.7 Å². The van der Waals surface area contributed by atoms with Gasteiger partial charge in [-0.1, -0.05) is 66.7 Å². The van der Waals surface area contributed by atoms with Crippen molar-refractivity contribution in [3.63, 3.8) is 0 Å². The standard InChI is InChI=1S/C23H23N3S/c1-2-4-17(5-3-1)6-7-18-8-10-19(11-9-18)23-20-14-26(15-21(23)25-20)16-22-24-12-13-27-22/h1-13,20-21,23,25H,14-16H2/b7-6+/t20-,21+,23?. The molecule has 3 aromatic rings. The Morgan fingerprint density at radius 1 is 0.963 bits per heavy atom. The normalized spacial score (nSPS) is 24.8. The lowest BCUT2D eigenvalue weighted by Gasteiger charge is -2.54. The number of rotatable bonds is 5. The molecule has 0 aliphatic carbocycles. The highest BCUT2D eigenvalue weighted by molar-refractivity contribution is 7.09. The van der Waals surface area contributed by atoms with Crippen molar-refractivity contribution in [3.05, 3.63) is 87.9 Å². The Bertz CT molecular complexity index is 891. The summed E-state index contributed by atoms with van der Waals surface area (Å²) in [6, 6.07) is 20.7. The van der Waals surface area contributed by atoms with E-state index in [1.54, 1.807) is 11.3 Å². The number of aromatic nitrogens is 1. The van der Waals surface area contributed by atoms with Crippen molar-refractivity contribution in [1.82, 2.24) is 15.2 Å². The minimum atomic E-state index is 0.564. The molecule has 1 unspecified atom stereocenters. The average molecular weight is 374 g/mol. The van der Waals surface area contributed by atoms with E-state index in [1.807, 2.05) is 12.3 Å². The maximum Gasteiger partial charge on any atom is 0.107 e. The monoisotopic (exact) mass is 373 g/mol. The second-order valence-electron chi connectivity index (χ2n) is 7.44. The number of nitrogens with zero attached hydrogens (tertiary/aromatic N) is 2. The van der Waals surface area contributed by atoms with Gasteiger partial charge in [-0.2, -0.15) is 0 Å². The largest absolute Gasteiger partial charge is 0.307 e. The summed E-state index contributed by atoms with van der Waals surface area (Å²) in [7, 11) is 0. The van der Waals surface area contributed by atoms with Crippen LogP contribution >= 0.6 is 11.3 Å². The topological polar surface area (TPSA) is 28.2 Å². The molecule has 3 nitrogen and oxygen atoms in total. The quantitative estimate of drug-likeness (QED) is 0.678. The average Bonchev–Trinajstić information content (AvgIpc) is 3.21. The predicted molar refractivity (Wildman–Crippen MR) is 113 cm³/mol. The Hall–Kier alpha value is -2.27. The van der Waals surface area contributed by atoms with Crippen molar-refractivity contribution in [1.29, 1.82) is 0 Å². The summed E-state index contributed by atoms with van der Waals surface area (Å²) in [6.07, 6.45) is 6.26. The number of thiazole rings is 1. The van der Waals surface area contributed by atoms with Crippen molar-refractivity contribution < 1.29 is 0 Å². The van der Waals surface area contributed by atoms with Gasteiger partial charge in [-0.3, -0.25) is 4.90 Å². The molecule has 0 spiro atoms. The molecule has 6 rings (SSSR count). The molecule has 2 aromatic carbocycles. The lowest BCUT2D eigenvalue weighted by molar-refractivity contribution is 0.0470. The summed E-state index contributed by atoms with van der Waals surface area (Å²) in [5, 5.41) is 7.01. The minimum absolute atomic E-state index is 0.564. The van der Waals surface area contributed by atoms with Gasteiger partial charge in [0.1, 0.15) is 5.01 Å². The predicted octanol–water partition coefficient (Wildman–Crippen LogP) is 4.25. The lowest BCUT2D eigenvalue weighted by atomic mass is 9.74. The van der Waals surface area contributed by atoms with Crippen LogP contribution in [-0.2, 0) is 6.54 Å².